The fourth-order valence-corrected chi connectivity index (χ4v) is 3.17. The van der Waals surface area contributed by atoms with Crippen LogP contribution in [0.1, 0.15) is 25.8 Å². The zero-order valence-electron chi connectivity index (χ0n) is 14.8. The number of para-hydroxylation sites is 1. The third-order valence-corrected chi connectivity index (χ3v) is 4.37. The first-order chi connectivity index (χ1) is 11.4. The highest BCUT2D eigenvalue weighted by atomic mass is 16.2. The fraction of sp³-hybridized carbons (Fsp3) is 0.556. The van der Waals surface area contributed by atoms with E-state index in [-0.39, 0.29) is 5.91 Å². The van der Waals surface area contributed by atoms with E-state index in [0.717, 1.165) is 13.1 Å². The van der Waals surface area contributed by atoms with Crippen LogP contribution in [0.5, 0.6) is 0 Å². The second-order valence-corrected chi connectivity index (χ2v) is 6.79. The minimum atomic E-state index is -0.646. The molecule has 0 saturated carbocycles. The van der Waals surface area contributed by atoms with Crippen LogP contribution < -0.4 is 16.0 Å². The first-order valence-electron chi connectivity index (χ1n) is 8.53. The summed E-state index contributed by atoms with van der Waals surface area (Å²) < 4.78 is 0. The average molecular weight is 332 g/mol. The van der Waals surface area contributed by atoms with Gasteiger partial charge in [-0.2, -0.15) is 0 Å². The molecule has 1 atom stereocenters. The van der Waals surface area contributed by atoms with Crippen molar-refractivity contribution >= 4 is 17.6 Å². The molecule has 1 saturated heterocycles. The summed E-state index contributed by atoms with van der Waals surface area (Å²) in [5.74, 6) is 0.269. The maximum Gasteiger partial charge on any atom is 0.312 e. The number of rotatable bonds is 5. The Balaban J connectivity index is 1.98. The number of piperazine rings is 1. The number of urea groups is 1. The predicted molar refractivity (Wildman–Crippen MR) is 95.9 cm³/mol. The lowest BCUT2D eigenvalue weighted by Gasteiger charge is -2.38. The van der Waals surface area contributed by atoms with Gasteiger partial charge in [0.2, 0.25) is 5.91 Å². The first kappa shape index (κ1) is 18.1. The predicted octanol–water partition coefficient (Wildman–Crippen LogP) is 1.73. The number of nitrogens with zero attached hydrogens (tertiary/aromatic N) is 2. The van der Waals surface area contributed by atoms with Crippen molar-refractivity contribution in [2.75, 3.05) is 31.1 Å². The van der Waals surface area contributed by atoms with Crippen molar-refractivity contribution in [2.24, 2.45) is 11.7 Å². The molecule has 2 rings (SSSR count). The van der Waals surface area contributed by atoms with Crippen molar-refractivity contribution in [2.45, 2.75) is 33.2 Å². The van der Waals surface area contributed by atoms with Gasteiger partial charge >= 0.3 is 6.03 Å². The molecule has 0 spiro atoms. The smallest absolute Gasteiger partial charge is 0.312 e. The highest BCUT2D eigenvalue weighted by Crippen LogP contribution is 2.21. The van der Waals surface area contributed by atoms with E-state index < -0.39 is 12.1 Å². The van der Waals surface area contributed by atoms with Crippen LogP contribution in [0.25, 0.3) is 0 Å². The Kier molecular flexibility index (Phi) is 6.06. The molecular formula is C18H28N4O2. The van der Waals surface area contributed by atoms with Crippen molar-refractivity contribution in [1.82, 2.24) is 10.2 Å². The lowest BCUT2D eigenvalue weighted by atomic mass is 10.0. The molecule has 3 N–H and O–H groups in total. The lowest BCUT2D eigenvalue weighted by Crippen LogP contribution is -2.56. The van der Waals surface area contributed by atoms with E-state index in [2.05, 4.69) is 29.3 Å². The number of amides is 3. The van der Waals surface area contributed by atoms with E-state index in [0.29, 0.717) is 25.4 Å². The number of nitrogens with one attached hydrogen (secondary N) is 1. The van der Waals surface area contributed by atoms with E-state index in [4.69, 9.17) is 5.73 Å². The van der Waals surface area contributed by atoms with E-state index >= 15 is 0 Å². The van der Waals surface area contributed by atoms with Gasteiger partial charge in [0.05, 0.1) is 0 Å². The normalized spacial score (nSPS) is 16.2. The van der Waals surface area contributed by atoms with Crippen molar-refractivity contribution < 1.29 is 9.59 Å². The van der Waals surface area contributed by atoms with Gasteiger partial charge in [-0.15, -0.1) is 0 Å². The van der Waals surface area contributed by atoms with Gasteiger partial charge in [0.1, 0.15) is 6.04 Å². The molecule has 1 aliphatic heterocycles. The Morgan fingerprint density at radius 3 is 2.33 bits per heavy atom. The summed E-state index contributed by atoms with van der Waals surface area (Å²) in [5.41, 5.74) is 7.68. The summed E-state index contributed by atoms with van der Waals surface area (Å²) in [4.78, 5) is 28.0. The van der Waals surface area contributed by atoms with Crippen LogP contribution in [-0.2, 0) is 4.79 Å². The number of carbonyl (C=O) groups is 2. The molecule has 132 valence electrons. The lowest BCUT2D eigenvalue weighted by molar-refractivity contribution is -0.133. The molecule has 0 bridgehead atoms. The Hall–Kier alpha value is -2.24. The van der Waals surface area contributed by atoms with Crippen molar-refractivity contribution in [3.8, 4) is 0 Å². The van der Waals surface area contributed by atoms with Crippen LogP contribution in [0.2, 0.25) is 0 Å². The number of benzene rings is 1. The highest BCUT2D eigenvalue weighted by molar-refractivity contribution is 5.86. The highest BCUT2D eigenvalue weighted by Gasteiger charge is 2.29. The maximum atomic E-state index is 12.7. The number of carbonyl (C=O) groups excluding carboxylic acids is 2. The molecule has 0 aromatic heterocycles. The number of hydrogen-bond acceptors (Lipinski definition) is 3. The molecule has 1 heterocycles. The number of hydrogen-bond donors (Lipinski definition) is 2. The number of primary amides is 1. The van der Waals surface area contributed by atoms with Gasteiger partial charge in [-0.05, 0) is 30.9 Å². The van der Waals surface area contributed by atoms with Gasteiger partial charge in [-0.3, -0.25) is 4.79 Å². The number of nitrogens with two attached hydrogens (primary N) is 1. The molecule has 1 unspecified atom stereocenters. The Labute approximate surface area is 144 Å². The van der Waals surface area contributed by atoms with Crippen LogP contribution in [-0.4, -0.2) is 49.1 Å². The molecule has 3 amide bonds. The summed E-state index contributed by atoms with van der Waals surface area (Å²) >= 11 is 0. The average Bonchev–Trinajstić information content (AvgIpc) is 2.53. The van der Waals surface area contributed by atoms with E-state index in [1.54, 1.807) is 0 Å². The minimum Gasteiger partial charge on any atom is -0.368 e. The molecule has 6 nitrogen and oxygen atoms in total. The molecule has 0 radical (unpaired) electrons. The van der Waals surface area contributed by atoms with Crippen LogP contribution >= 0.6 is 0 Å². The van der Waals surface area contributed by atoms with Gasteiger partial charge < -0.3 is 20.9 Å². The van der Waals surface area contributed by atoms with E-state index in [1.807, 2.05) is 30.9 Å². The molecule has 1 aromatic carbocycles. The molecule has 6 heteroatoms. The number of anilines is 1. The fourth-order valence-electron chi connectivity index (χ4n) is 3.17. The third-order valence-electron chi connectivity index (χ3n) is 4.37. The summed E-state index contributed by atoms with van der Waals surface area (Å²) in [5, 5.41) is 2.59. The summed E-state index contributed by atoms with van der Waals surface area (Å²) in [6.45, 7) is 9.05. The van der Waals surface area contributed by atoms with Gasteiger partial charge in [0.25, 0.3) is 0 Å². The quantitative estimate of drug-likeness (QED) is 0.862. The second-order valence-electron chi connectivity index (χ2n) is 6.79. The molecule has 1 aliphatic rings. The zero-order valence-corrected chi connectivity index (χ0v) is 14.8. The largest absolute Gasteiger partial charge is 0.368 e. The Bertz CT molecular complexity index is 580. The molecule has 0 aliphatic carbocycles. The third kappa shape index (κ3) is 4.63. The van der Waals surface area contributed by atoms with Crippen LogP contribution in [0.3, 0.4) is 0 Å². The Morgan fingerprint density at radius 1 is 1.17 bits per heavy atom. The SMILES string of the molecule is Cc1ccccc1N1CCN(C(=O)C(CC(C)C)NC(N)=O)CC1. The standard InChI is InChI=1S/C18H28N4O2/c1-13(2)12-15(20-18(19)24)17(23)22-10-8-21(9-11-22)16-7-5-4-6-14(16)3/h4-7,13,15H,8-12H2,1-3H3,(H3,19,20,24). The van der Waals surface area contributed by atoms with Gasteiger partial charge in [-0.1, -0.05) is 32.0 Å². The topological polar surface area (TPSA) is 78.7 Å². The van der Waals surface area contributed by atoms with Crippen LogP contribution in [0.15, 0.2) is 24.3 Å². The summed E-state index contributed by atoms with van der Waals surface area (Å²) in [6.07, 6.45) is 0.597. The van der Waals surface area contributed by atoms with Crippen molar-refractivity contribution in [3.05, 3.63) is 29.8 Å². The van der Waals surface area contributed by atoms with Gasteiger partial charge in [-0.25, -0.2) is 4.79 Å². The van der Waals surface area contributed by atoms with Crippen molar-refractivity contribution in [3.63, 3.8) is 0 Å². The maximum absolute atomic E-state index is 12.7. The summed E-state index contributed by atoms with van der Waals surface area (Å²) in [6, 6.07) is 7.10. The molecular weight excluding hydrogens is 304 g/mol. The summed E-state index contributed by atoms with van der Waals surface area (Å²) in [7, 11) is 0. The Morgan fingerprint density at radius 2 is 1.79 bits per heavy atom. The zero-order chi connectivity index (χ0) is 17.7. The molecule has 1 fully saturated rings. The van der Waals surface area contributed by atoms with Crippen molar-refractivity contribution in [1.29, 1.82) is 0 Å². The van der Waals surface area contributed by atoms with E-state index in [1.165, 1.54) is 11.3 Å². The van der Waals surface area contributed by atoms with Gasteiger partial charge in [0, 0.05) is 31.9 Å². The van der Waals surface area contributed by atoms with E-state index in [9.17, 15) is 9.59 Å². The molecule has 24 heavy (non-hydrogen) atoms. The monoisotopic (exact) mass is 332 g/mol. The van der Waals surface area contributed by atoms with Gasteiger partial charge in [0.15, 0.2) is 0 Å². The first-order valence-corrected chi connectivity index (χ1v) is 8.53. The van der Waals surface area contributed by atoms with Crippen LogP contribution in [0.4, 0.5) is 10.5 Å². The number of aryl methyl sites for hydroxylation is 1. The molecule has 1 aromatic rings. The minimum absolute atomic E-state index is 0.0352. The van der Waals surface area contributed by atoms with Crippen LogP contribution in [0, 0.1) is 12.8 Å². The second kappa shape index (κ2) is 8.04.